The van der Waals surface area contributed by atoms with E-state index in [2.05, 4.69) is 29.1 Å². The van der Waals surface area contributed by atoms with Gasteiger partial charge in [0.25, 0.3) is 0 Å². The summed E-state index contributed by atoms with van der Waals surface area (Å²) >= 11 is 0. The van der Waals surface area contributed by atoms with Crippen LogP contribution in [0.4, 0.5) is 0 Å². The van der Waals surface area contributed by atoms with Gasteiger partial charge in [-0.1, -0.05) is 18.9 Å². The van der Waals surface area contributed by atoms with Gasteiger partial charge in [-0.2, -0.15) is 0 Å². The van der Waals surface area contributed by atoms with Crippen LogP contribution in [-0.4, -0.2) is 19.0 Å². The first-order valence-electron chi connectivity index (χ1n) is 8.13. The summed E-state index contributed by atoms with van der Waals surface area (Å²) in [6.45, 7) is 1.81. The fourth-order valence-electron chi connectivity index (χ4n) is 3.48. The summed E-state index contributed by atoms with van der Waals surface area (Å²) in [5.74, 6) is 0.809. The van der Waals surface area contributed by atoms with Gasteiger partial charge in [-0.05, 0) is 25.2 Å². The number of hydrogen-bond donors (Lipinski definition) is 0. The van der Waals surface area contributed by atoms with Gasteiger partial charge in [0.15, 0.2) is 25.2 Å². The highest BCUT2D eigenvalue weighted by molar-refractivity contribution is 4.83. The Hall–Kier alpha value is -0.930. The van der Waals surface area contributed by atoms with E-state index in [0.717, 1.165) is 31.9 Å². The van der Waals surface area contributed by atoms with Crippen LogP contribution >= 0.6 is 0 Å². The first-order valence-corrected chi connectivity index (χ1v) is 8.13. The smallest absolute Gasteiger partial charge is 0.168 e. The van der Waals surface area contributed by atoms with E-state index in [1.54, 1.807) is 0 Å². The number of ether oxygens (including phenoxy) is 2. The molecule has 2 aliphatic rings. The summed E-state index contributed by atoms with van der Waals surface area (Å²) in [6.07, 6.45) is 13.6. The molecule has 0 N–H and O–H groups in total. The Morgan fingerprint density at radius 1 is 1.00 bits per heavy atom. The molecule has 0 spiro atoms. The van der Waals surface area contributed by atoms with Crippen LogP contribution in [0.2, 0.25) is 0 Å². The van der Waals surface area contributed by atoms with Crippen molar-refractivity contribution in [2.24, 2.45) is 5.92 Å². The maximum Gasteiger partial charge on any atom is 0.168 e. The van der Waals surface area contributed by atoms with E-state index in [9.17, 15) is 0 Å². The molecule has 1 aromatic heterocycles. The van der Waals surface area contributed by atoms with Crippen molar-refractivity contribution >= 4 is 0 Å². The van der Waals surface area contributed by atoms with Crippen LogP contribution in [-0.2, 0) is 16.0 Å². The quantitative estimate of drug-likeness (QED) is 0.588. The zero-order valence-corrected chi connectivity index (χ0v) is 12.2. The number of aryl methyl sites for hydroxylation is 1. The Kier molecular flexibility index (Phi) is 5.04. The minimum atomic E-state index is 0.0568. The van der Waals surface area contributed by atoms with Crippen LogP contribution < -0.4 is 4.57 Å². The molecule has 1 saturated carbocycles. The fraction of sp³-hybridized carbons (Fsp3) is 0.706. The number of rotatable bonds is 6. The van der Waals surface area contributed by atoms with Crippen molar-refractivity contribution in [1.29, 1.82) is 0 Å². The molecule has 1 aliphatic heterocycles. The zero-order chi connectivity index (χ0) is 13.6. The minimum absolute atomic E-state index is 0.0568. The topological polar surface area (TPSA) is 22.3 Å². The van der Waals surface area contributed by atoms with Gasteiger partial charge >= 0.3 is 0 Å². The van der Waals surface area contributed by atoms with E-state index in [-0.39, 0.29) is 6.29 Å². The molecule has 110 valence electrons. The molecule has 0 radical (unpaired) electrons. The van der Waals surface area contributed by atoms with E-state index in [4.69, 9.17) is 9.47 Å². The average molecular weight is 276 g/mol. The Morgan fingerprint density at radius 3 is 2.60 bits per heavy atom. The molecule has 2 atom stereocenters. The summed E-state index contributed by atoms with van der Waals surface area (Å²) in [5, 5.41) is 0. The lowest BCUT2D eigenvalue weighted by Gasteiger charge is -2.19. The van der Waals surface area contributed by atoms with Crippen LogP contribution in [0.25, 0.3) is 0 Å². The Bertz CT molecular complexity index is 389. The second-order valence-electron chi connectivity index (χ2n) is 6.06. The largest absolute Gasteiger partial charge is 0.352 e. The molecule has 0 bridgehead atoms. The average Bonchev–Trinajstić information content (AvgIpc) is 3.15. The molecule has 3 rings (SSSR count). The second kappa shape index (κ2) is 7.19. The first kappa shape index (κ1) is 14.0. The highest BCUT2D eigenvalue weighted by atomic mass is 16.7. The standard InChI is InChI=1S/C17H26NO2/c1-4-11-18(12-5-1)13-6-14-19-17-10-9-16(20-17)15-7-2-3-8-15/h1,4-5,11-12,15-17H,2-3,6-10,13-14H2/q+1. The molecule has 1 aromatic rings. The molecular formula is C17H26NO2+. The van der Waals surface area contributed by atoms with Gasteiger partial charge in [0.1, 0.15) is 0 Å². The lowest BCUT2D eigenvalue weighted by Crippen LogP contribution is -2.33. The lowest BCUT2D eigenvalue weighted by molar-refractivity contribution is -0.697. The monoisotopic (exact) mass is 276 g/mol. The molecule has 3 nitrogen and oxygen atoms in total. The maximum atomic E-state index is 6.07. The van der Waals surface area contributed by atoms with E-state index >= 15 is 0 Å². The number of aromatic nitrogens is 1. The minimum Gasteiger partial charge on any atom is -0.352 e. The van der Waals surface area contributed by atoms with Gasteiger partial charge in [0, 0.05) is 25.0 Å². The third kappa shape index (κ3) is 3.80. The molecule has 20 heavy (non-hydrogen) atoms. The van der Waals surface area contributed by atoms with Gasteiger partial charge in [-0.15, -0.1) is 0 Å². The fourth-order valence-corrected chi connectivity index (χ4v) is 3.48. The highest BCUT2D eigenvalue weighted by Crippen LogP contribution is 2.35. The molecule has 0 amide bonds. The molecule has 2 fully saturated rings. The van der Waals surface area contributed by atoms with Crippen molar-refractivity contribution in [1.82, 2.24) is 0 Å². The number of nitrogens with zero attached hydrogens (tertiary/aromatic N) is 1. The normalized spacial score (nSPS) is 27.2. The maximum absolute atomic E-state index is 6.07. The van der Waals surface area contributed by atoms with Gasteiger partial charge in [0.2, 0.25) is 0 Å². The van der Waals surface area contributed by atoms with Crippen molar-refractivity contribution < 1.29 is 14.0 Å². The van der Waals surface area contributed by atoms with Gasteiger partial charge in [-0.3, -0.25) is 0 Å². The zero-order valence-electron chi connectivity index (χ0n) is 12.2. The molecular weight excluding hydrogens is 250 g/mol. The van der Waals surface area contributed by atoms with E-state index in [1.165, 1.54) is 32.1 Å². The molecule has 2 unspecified atom stereocenters. The van der Waals surface area contributed by atoms with Gasteiger partial charge in [-0.25, -0.2) is 4.57 Å². The van der Waals surface area contributed by atoms with E-state index in [1.807, 2.05) is 6.07 Å². The van der Waals surface area contributed by atoms with Gasteiger partial charge in [0.05, 0.1) is 12.7 Å². The van der Waals surface area contributed by atoms with Crippen LogP contribution in [0.1, 0.15) is 44.9 Å². The predicted molar refractivity (Wildman–Crippen MR) is 77.1 cm³/mol. The lowest BCUT2D eigenvalue weighted by atomic mass is 9.99. The van der Waals surface area contributed by atoms with Crippen molar-refractivity contribution in [2.75, 3.05) is 6.61 Å². The van der Waals surface area contributed by atoms with Crippen LogP contribution in [0, 0.1) is 5.92 Å². The summed E-state index contributed by atoms with van der Waals surface area (Å²) in [6, 6.07) is 6.17. The molecule has 1 aliphatic carbocycles. The van der Waals surface area contributed by atoms with Gasteiger partial charge < -0.3 is 9.47 Å². The SMILES string of the molecule is c1cc[n+](CCCOC2CCC(C3CCCC3)O2)cc1. The van der Waals surface area contributed by atoms with Crippen LogP contribution in [0.3, 0.4) is 0 Å². The Morgan fingerprint density at radius 2 is 1.80 bits per heavy atom. The van der Waals surface area contributed by atoms with Crippen molar-refractivity contribution in [3.05, 3.63) is 30.6 Å². The third-order valence-corrected chi connectivity index (χ3v) is 4.58. The Labute approximate surface area is 121 Å². The molecule has 0 aromatic carbocycles. The summed E-state index contributed by atoms with van der Waals surface area (Å²) in [4.78, 5) is 0. The predicted octanol–water partition coefficient (Wildman–Crippen LogP) is 3.08. The highest BCUT2D eigenvalue weighted by Gasteiger charge is 2.33. The van der Waals surface area contributed by atoms with E-state index < -0.39 is 0 Å². The summed E-state index contributed by atoms with van der Waals surface area (Å²) in [7, 11) is 0. The van der Waals surface area contributed by atoms with Crippen LogP contribution in [0.15, 0.2) is 30.6 Å². The van der Waals surface area contributed by atoms with Crippen molar-refractivity contribution in [3.63, 3.8) is 0 Å². The first-order chi connectivity index (χ1) is 9.92. The molecule has 3 heteroatoms. The van der Waals surface area contributed by atoms with Crippen molar-refractivity contribution in [2.45, 2.75) is 63.9 Å². The second-order valence-corrected chi connectivity index (χ2v) is 6.06. The third-order valence-electron chi connectivity index (χ3n) is 4.58. The summed E-state index contributed by atoms with van der Waals surface area (Å²) in [5.41, 5.74) is 0. The van der Waals surface area contributed by atoms with E-state index in [0.29, 0.717) is 6.10 Å². The molecule has 1 saturated heterocycles. The number of hydrogen-bond acceptors (Lipinski definition) is 2. The van der Waals surface area contributed by atoms with Crippen LogP contribution in [0.5, 0.6) is 0 Å². The summed E-state index contributed by atoms with van der Waals surface area (Å²) < 4.78 is 14.1. The number of pyridine rings is 1. The van der Waals surface area contributed by atoms with Crippen molar-refractivity contribution in [3.8, 4) is 0 Å². The molecule has 2 heterocycles. The Balaban J connectivity index is 1.31.